The number of piperazine rings is 1. The number of aromatic nitrogens is 1. The molecule has 1 aliphatic heterocycles. The van der Waals surface area contributed by atoms with Gasteiger partial charge in [-0.2, -0.15) is 0 Å². The highest BCUT2D eigenvalue weighted by atomic mass is 35.5. The molecule has 3 N–H and O–H groups in total. The standard InChI is InChI=1S/C15H21N5O2.ClH/c21-14(19-15(22)18-12-3-4-12)10-20-7-6-17-9-13(20)11-2-1-5-16-8-11;/h1-2,5,8,12-13,17H,3-4,6-7,9-10H2,(H2,18,19,21,22);1H. The van der Waals surface area contributed by atoms with Crippen molar-refractivity contribution in [2.75, 3.05) is 26.2 Å². The molecule has 0 aromatic carbocycles. The molecule has 0 bridgehead atoms. The molecule has 7 nitrogen and oxygen atoms in total. The summed E-state index contributed by atoms with van der Waals surface area (Å²) >= 11 is 0. The van der Waals surface area contributed by atoms with Gasteiger partial charge in [-0.15, -0.1) is 12.4 Å². The fourth-order valence-corrected chi connectivity index (χ4v) is 2.64. The highest BCUT2D eigenvalue weighted by Crippen LogP contribution is 2.21. The largest absolute Gasteiger partial charge is 0.335 e. The van der Waals surface area contributed by atoms with Gasteiger partial charge in [0.05, 0.1) is 6.54 Å². The Kier molecular flexibility index (Phi) is 6.32. The fraction of sp³-hybridized carbons (Fsp3) is 0.533. The predicted molar refractivity (Wildman–Crippen MR) is 88.4 cm³/mol. The number of pyridine rings is 1. The van der Waals surface area contributed by atoms with Gasteiger partial charge in [-0.3, -0.25) is 20.0 Å². The molecule has 1 unspecified atom stereocenters. The third kappa shape index (κ3) is 5.16. The Balaban J connectivity index is 0.00000192. The number of hydrogen-bond acceptors (Lipinski definition) is 5. The topological polar surface area (TPSA) is 86.4 Å². The van der Waals surface area contributed by atoms with Crippen LogP contribution in [-0.4, -0.2) is 54.0 Å². The Hall–Kier alpha value is -1.70. The molecule has 1 aromatic heterocycles. The second kappa shape index (κ2) is 8.24. The average molecular weight is 340 g/mol. The van der Waals surface area contributed by atoms with E-state index in [1.165, 1.54) is 0 Å². The lowest BCUT2D eigenvalue weighted by atomic mass is 10.1. The van der Waals surface area contributed by atoms with Crippen molar-refractivity contribution in [3.63, 3.8) is 0 Å². The van der Waals surface area contributed by atoms with E-state index in [1.54, 1.807) is 6.20 Å². The van der Waals surface area contributed by atoms with E-state index in [2.05, 4.69) is 25.8 Å². The lowest BCUT2D eigenvalue weighted by Gasteiger charge is -2.35. The summed E-state index contributed by atoms with van der Waals surface area (Å²) in [5, 5.41) is 8.49. The van der Waals surface area contributed by atoms with Crippen LogP contribution in [0.25, 0.3) is 0 Å². The summed E-state index contributed by atoms with van der Waals surface area (Å²) < 4.78 is 0. The number of imide groups is 1. The van der Waals surface area contributed by atoms with Crippen LogP contribution in [0.4, 0.5) is 4.79 Å². The van der Waals surface area contributed by atoms with Gasteiger partial charge < -0.3 is 10.6 Å². The van der Waals surface area contributed by atoms with E-state index in [9.17, 15) is 9.59 Å². The number of nitrogens with one attached hydrogen (secondary N) is 3. The molecular formula is C15H22ClN5O2. The third-order valence-corrected chi connectivity index (χ3v) is 3.94. The molecule has 2 heterocycles. The molecule has 1 saturated heterocycles. The Morgan fingerprint density at radius 3 is 2.91 bits per heavy atom. The summed E-state index contributed by atoms with van der Waals surface area (Å²) in [6.07, 6.45) is 5.56. The number of carbonyl (C=O) groups is 2. The lowest BCUT2D eigenvalue weighted by molar-refractivity contribution is -0.122. The molecule has 3 amide bonds. The molecule has 1 aliphatic carbocycles. The first-order valence-electron chi connectivity index (χ1n) is 7.67. The van der Waals surface area contributed by atoms with Crippen molar-refractivity contribution in [3.8, 4) is 0 Å². The second-order valence-corrected chi connectivity index (χ2v) is 5.77. The zero-order valence-corrected chi connectivity index (χ0v) is 13.6. The molecule has 2 fully saturated rings. The SMILES string of the molecule is Cl.O=C(CN1CCNCC1c1cccnc1)NC(=O)NC1CC1. The minimum atomic E-state index is -0.388. The average Bonchev–Trinajstić information content (AvgIpc) is 3.32. The van der Waals surface area contributed by atoms with Gasteiger partial charge in [0.15, 0.2) is 0 Å². The number of carbonyl (C=O) groups excluding carboxylic acids is 2. The van der Waals surface area contributed by atoms with Gasteiger partial charge in [0.1, 0.15) is 0 Å². The molecule has 23 heavy (non-hydrogen) atoms. The van der Waals surface area contributed by atoms with Crippen molar-refractivity contribution in [1.82, 2.24) is 25.8 Å². The van der Waals surface area contributed by atoms with E-state index >= 15 is 0 Å². The summed E-state index contributed by atoms with van der Waals surface area (Å²) in [5.41, 5.74) is 1.07. The number of rotatable bonds is 4. The van der Waals surface area contributed by atoms with Crippen LogP contribution < -0.4 is 16.0 Å². The van der Waals surface area contributed by atoms with E-state index < -0.39 is 0 Å². The first kappa shape index (κ1) is 17.7. The highest BCUT2D eigenvalue weighted by molar-refractivity contribution is 5.95. The molecule has 126 valence electrons. The number of urea groups is 1. The number of nitrogens with zero attached hydrogens (tertiary/aromatic N) is 2. The van der Waals surface area contributed by atoms with Crippen molar-refractivity contribution in [3.05, 3.63) is 30.1 Å². The van der Waals surface area contributed by atoms with Gasteiger partial charge in [0.25, 0.3) is 0 Å². The minimum Gasteiger partial charge on any atom is -0.335 e. The summed E-state index contributed by atoms with van der Waals surface area (Å²) in [5.74, 6) is -0.269. The number of hydrogen-bond donors (Lipinski definition) is 3. The van der Waals surface area contributed by atoms with E-state index in [4.69, 9.17) is 0 Å². The van der Waals surface area contributed by atoms with Gasteiger partial charge in [-0.25, -0.2) is 4.79 Å². The van der Waals surface area contributed by atoms with Crippen LogP contribution in [0.15, 0.2) is 24.5 Å². The monoisotopic (exact) mass is 339 g/mol. The van der Waals surface area contributed by atoms with Crippen LogP contribution in [0, 0.1) is 0 Å². The van der Waals surface area contributed by atoms with Gasteiger partial charge in [-0.1, -0.05) is 6.07 Å². The van der Waals surface area contributed by atoms with Crippen molar-refractivity contribution < 1.29 is 9.59 Å². The Morgan fingerprint density at radius 1 is 1.39 bits per heavy atom. The van der Waals surface area contributed by atoms with E-state index in [1.807, 2.05) is 18.3 Å². The van der Waals surface area contributed by atoms with Crippen LogP contribution in [0.3, 0.4) is 0 Å². The smallest absolute Gasteiger partial charge is 0.321 e. The summed E-state index contributed by atoms with van der Waals surface area (Å²) in [6.45, 7) is 2.57. The van der Waals surface area contributed by atoms with Crippen molar-refractivity contribution in [2.24, 2.45) is 0 Å². The maximum Gasteiger partial charge on any atom is 0.321 e. The van der Waals surface area contributed by atoms with Crippen molar-refractivity contribution >= 4 is 24.3 Å². The Bertz CT molecular complexity index is 538. The van der Waals surface area contributed by atoms with E-state index in [-0.39, 0.29) is 43.0 Å². The number of amides is 3. The lowest BCUT2D eigenvalue weighted by Crippen LogP contribution is -2.51. The zero-order valence-electron chi connectivity index (χ0n) is 12.8. The van der Waals surface area contributed by atoms with Crippen LogP contribution >= 0.6 is 12.4 Å². The van der Waals surface area contributed by atoms with Crippen LogP contribution in [0.1, 0.15) is 24.4 Å². The quantitative estimate of drug-likeness (QED) is 0.741. The van der Waals surface area contributed by atoms with E-state index in [0.29, 0.717) is 0 Å². The molecule has 1 atom stereocenters. The fourth-order valence-electron chi connectivity index (χ4n) is 2.64. The van der Waals surface area contributed by atoms with Crippen LogP contribution in [0.2, 0.25) is 0 Å². The third-order valence-electron chi connectivity index (χ3n) is 3.94. The molecule has 3 rings (SSSR count). The normalized spacial score (nSPS) is 21.1. The minimum absolute atomic E-state index is 0. The first-order valence-corrected chi connectivity index (χ1v) is 7.67. The van der Waals surface area contributed by atoms with Crippen molar-refractivity contribution in [1.29, 1.82) is 0 Å². The molecule has 1 saturated carbocycles. The van der Waals surface area contributed by atoms with Gasteiger partial charge in [-0.05, 0) is 24.5 Å². The van der Waals surface area contributed by atoms with Crippen LogP contribution in [-0.2, 0) is 4.79 Å². The Morgan fingerprint density at radius 2 is 2.22 bits per heavy atom. The molecular weight excluding hydrogens is 318 g/mol. The molecule has 2 aliphatic rings. The highest BCUT2D eigenvalue weighted by Gasteiger charge is 2.27. The van der Waals surface area contributed by atoms with E-state index in [0.717, 1.165) is 38.0 Å². The molecule has 8 heteroatoms. The predicted octanol–water partition coefficient (Wildman–Crippen LogP) is 0.438. The summed E-state index contributed by atoms with van der Waals surface area (Å²) in [4.78, 5) is 29.9. The maximum atomic E-state index is 12.1. The van der Waals surface area contributed by atoms with Crippen LogP contribution in [0.5, 0.6) is 0 Å². The van der Waals surface area contributed by atoms with Gasteiger partial charge in [0, 0.05) is 44.1 Å². The number of halogens is 1. The Labute approximate surface area is 141 Å². The molecule has 0 spiro atoms. The van der Waals surface area contributed by atoms with Gasteiger partial charge in [0.2, 0.25) is 5.91 Å². The maximum absolute atomic E-state index is 12.1. The summed E-state index contributed by atoms with van der Waals surface area (Å²) in [6, 6.07) is 3.86. The molecule has 1 aromatic rings. The first-order chi connectivity index (χ1) is 10.7. The zero-order chi connectivity index (χ0) is 15.4. The van der Waals surface area contributed by atoms with Gasteiger partial charge >= 0.3 is 6.03 Å². The second-order valence-electron chi connectivity index (χ2n) is 5.77. The molecule has 0 radical (unpaired) electrons. The van der Waals surface area contributed by atoms with Crippen molar-refractivity contribution in [2.45, 2.75) is 24.9 Å². The summed E-state index contributed by atoms with van der Waals surface area (Å²) in [7, 11) is 0.